The Morgan fingerprint density at radius 3 is 2.68 bits per heavy atom. The van der Waals surface area contributed by atoms with Crippen LogP contribution in [0.5, 0.6) is 0 Å². The number of anilines is 1. The lowest BCUT2D eigenvalue weighted by molar-refractivity contribution is 0.102. The zero-order chi connectivity index (χ0) is 17.2. The topological polar surface area (TPSA) is 70.7 Å². The smallest absolute Gasteiger partial charge is 0.257 e. The summed E-state index contributed by atoms with van der Waals surface area (Å²) in [5.41, 5.74) is 3.47. The highest BCUT2D eigenvalue weighted by molar-refractivity contribution is 6.04. The van der Waals surface area contributed by atoms with Crippen LogP contribution in [0, 0.1) is 5.82 Å². The van der Waals surface area contributed by atoms with Gasteiger partial charge in [0.1, 0.15) is 11.6 Å². The van der Waals surface area contributed by atoms with Crippen molar-refractivity contribution in [2.45, 2.75) is 0 Å². The minimum atomic E-state index is -0.291. The maximum absolute atomic E-state index is 13.0. The molecule has 4 rings (SSSR count). The second-order valence-corrected chi connectivity index (χ2v) is 5.52. The van der Waals surface area contributed by atoms with Crippen molar-refractivity contribution in [3.05, 3.63) is 78.4 Å². The minimum absolute atomic E-state index is 0.231. The number of carbonyl (C=O) groups excluding carboxylic acids is 1. The molecule has 6 heteroatoms. The third-order valence-electron chi connectivity index (χ3n) is 3.78. The van der Waals surface area contributed by atoms with Crippen LogP contribution in [0.2, 0.25) is 0 Å². The van der Waals surface area contributed by atoms with Crippen LogP contribution in [0.3, 0.4) is 0 Å². The van der Waals surface area contributed by atoms with Crippen molar-refractivity contribution < 1.29 is 9.18 Å². The normalized spacial score (nSPS) is 10.8. The van der Waals surface area contributed by atoms with Crippen LogP contribution >= 0.6 is 0 Å². The molecule has 2 heterocycles. The number of benzene rings is 2. The monoisotopic (exact) mass is 332 g/mol. The first-order valence-electron chi connectivity index (χ1n) is 7.66. The molecule has 0 saturated heterocycles. The molecule has 0 atom stereocenters. The highest BCUT2D eigenvalue weighted by Crippen LogP contribution is 2.23. The summed E-state index contributed by atoms with van der Waals surface area (Å²) < 4.78 is 13.0. The van der Waals surface area contributed by atoms with Crippen molar-refractivity contribution in [2.75, 3.05) is 5.32 Å². The Bertz CT molecular complexity index is 1040. The van der Waals surface area contributed by atoms with Gasteiger partial charge in [-0.05, 0) is 54.6 Å². The van der Waals surface area contributed by atoms with Gasteiger partial charge in [-0.2, -0.15) is 0 Å². The lowest BCUT2D eigenvalue weighted by Gasteiger charge is -2.04. The van der Waals surface area contributed by atoms with Crippen molar-refractivity contribution in [1.82, 2.24) is 15.0 Å². The van der Waals surface area contributed by atoms with E-state index in [9.17, 15) is 9.18 Å². The average molecular weight is 332 g/mol. The Morgan fingerprint density at radius 1 is 1.08 bits per heavy atom. The molecule has 0 aliphatic heterocycles. The van der Waals surface area contributed by atoms with E-state index >= 15 is 0 Å². The highest BCUT2D eigenvalue weighted by Gasteiger charge is 2.09. The van der Waals surface area contributed by atoms with Crippen LogP contribution in [-0.4, -0.2) is 20.9 Å². The van der Waals surface area contributed by atoms with E-state index in [0.29, 0.717) is 17.1 Å². The molecule has 0 aliphatic rings. The second-order valence-electron chi connectivity index (χ2n) is 5.52. The zero-order valence-corrected chi connectivity index (χ0v) is 13.0. The van der Waals surface area contributed by atoms with E-state index in [4.69, 9.17) is 0 Å². The average Bonchev–Trinajstić information content (AvgIpc) is 3.06. The van der Waals surface area contributed by atoms with Crippen molar-refractivity contribution in [3.8, 4) is 11.4 Å². The number of aromatic nitrogens is 3. The fraction of sp³-hybridized carbons (Fsp3) is 0. The molecule has 2 N–H and O–H groups in total. The lowest BCUT2D eigenvalue weighted by atomic mass is 10.2. The minimum Gasteiger partial charge on any atom is -0.338 e. The molecule has 0 unspecified atom stereocenters. The quantitative estimate of drug-likeness (QED) is 0.595. The van der Waals surface area contributed by atoms with E-state index in [1.54, 1.807) is 36.5 Å². The van der Waals surface area contributed by atoms with E-state index in [1.807, 2.05) is 12.1 Å². The van der Waals surface area contributed by atoms with E-state index in [2.05, 4.69) is 20.3 Å². The molecule has 122 valence electrons. The predicted molar refractivity (Wildman–Crippen MR) is 93.7 cm³/mol. The summed E-state index contributed by atoms with van der Waals surface area (Å²) in [6.45, 7) is 0. The van der Waals surface area contributed by atoms with Gasteiger partial charge in [0.15, 0.2) is 0 Å². The molecule has 5 nitrogen and oxygen atoms in total. The van der Waals surface area contributed by atoms with Gasteiger partial charge in [-0.3, -0.25) is 9.78 Å². The number of amides is 1. The number of hydrogen-bond donors (Lipinski definition) is 2. The maximum atomic E-state index is 13.0. The molecule has 2 aromatic heterocycles. The Hall–Kier alpha value is -3.54. The third kappa shape index (κ3) is 3.10. The highest BCUT2D eigenvalue weighted by atomic mass is 19.1. The standard InChI is InChI=1S/C19H13FN4O/c20-14-5-3-12(4-6-14)18-23-16-8-7-15(10-17(16)24-18)22-19(25)13-2-1-9-21-11-13/h1-11H,(H,22,25)(H,23,24). The van der Waals surface area contributed by atoms with Crippen LogP contribution in [0.4, 0.5) is 10.1 Å². The number of pyridine rings is 1. The molecule has 2 aromatic carbocycles. The summed E-state index contributed by atoms with van der Waals surface area (Å²) in [5, 5.41) is 2.83. The van der Waals surface area contributed by atoms with Gasteiger partial charge in [0.25, 0.3) is 5.91 Å². The molecule has 0 saturated carbocycles. The fourth-order valence-corrected chi connectivity index (χ4v) is 2.53. The molecule has 0 spiro atoms. The van der Waals surface area contributed by atoms with E-state index in [0.717, 1.165) is 16.6 Å². The molecular formula is C19H13FN4O. The van der Waals surface area contributed by atoms with Gasteiger partial charge in [0, 0.05) is 23.6 Å². The summed E-state index contributed by atoms with van der Waals surface area (Å²) in [6, 6.07) is 14.9. The predicted octanol–water partition coefficient (Wildman–Crippen LogP) is 4.02. The van der Waals surface area contributed by atoms with Gasteiger partial charge in [-0.25, -0.2) is 9.37 Å². The van der Waals surface area contributed by atoms with Crippen LogP contribution in [0.1, 0.15) is 10.4 Å². The first kappa shape index (κ1) is 15.0. The lowest BCUT2D eigenvalue weighted by Crippen LogP contribution is -2.11. The number of nitrogens with zero attached hydrogens (tertiary/aromatic N) is 2. The van der Waals surface area contributed by atoms with Crippen molar-refractivity contribution in [2.24, 2.45) is 0 Å². The van der Waals surface area contributed by atoms with Gasteiger partial charge in [0.2, 0.25) is 0 Å². The molecule has 0 aliphatic carbocycles. The second kappa shape index (κ2) is 6.16. The van der Waals surface area contributed by atoms with Crippen molar-refractivity contribution in [1.29, 1.82) is 0 Å². The number of fused-ring (bicyclic) bond motifs is 1. The molecule has 1 amide bonds. The molecular weight excluding hydrogens is 319 g/mol. The van der Waals surface area contributed by atoms with E-state index in [-0.39, 0.29) is 11.7 Å². The van der Waals surface area contributed by atoms with E-state index in [1.165, 1.54) is 18.3 Å². The summed E-state index contributed by atoms with van der Waals surface area (Å²) in [7, 11) is 0. The van der Waals surface area contributed by atoms with E-state index < -0.39 is 0 Å². The first-order chi connectivity index (χ1) is 12.2. The third-order valence-corrected chi connectivity index (χ3v) is 3.78. The maximum Gasteiger partial charge on any atom is 0.257 e. The molecule has 0 fully saturated rings. The number of nitrogens with one attached hydrogen (secondary N) is 2. The van der Waals surface area contributed by atoms with Crippen molar-refractivity contribution in [3.63, 3.8) is 0 Å². The molecule has 25 heavy (non-hydrogen) atoms. The first-order valence-corrected chi connectivity index (χ1v) is 7.66. The zero-order valence-electron chi connectivity index (χ0n) is 13.0. The number of hydrogen-bond acceptors (Lipinski definition) is 3. The van der Waals surface area contributed by atoms with Crippen LogP contribution in [0.15, 0.2) is 67.0 Å². The summed E-state index contributed by atoms with van der Waals surface area (Å²) in [6.07, 6.45) is 3.13. The summed E-state index contributed by atoms with van der Waals surface area (Å²) in [4.78, 5) is 23.8. The number of H-pyrrole nitrogens is 1. The van der Waals surface area contributed by atoms with Crippen LogP contribution in [0.25, 0.3) is 22.4 Å². The van der Waals surface area contributed by atoms with Crippen LogP contribution < -0.4 is 5.32 Å². The molecule has 0 bridgehead atoms. The number of rotatable bonds is 3. The summed E-state index contributed by atoms with van der Waals surface area (Å²) >= 11 is 0. The van der Waals surface area contributed by atoms with Gasteiger partial charge < -0.3 is 10.3 Å². The Kier molecular flexibility index (Phi) is 3.70. The summed E-state index contributed by atoms with van der Waals surface area (Å²) in [5.74, 6) is 0.122. The van der Waals surface area contributed by atoms with Gasteiger partial charge in [-0.1, -0.05) is 0 Å². The fourth-order valence-electron chi connectivity index (χ4n) is 2.53. The number of aromatic amines is 1. The Labute approximate surface area is 142 Å². The molecule has 4 aromatic rings. The molecule has 0 radical (unpaired) electrons. The number of carbonyl (C=O) groups is 1. The Morgan fingerprint density at radius 2 is 1.92 bits per heavy atom. The van der Waals surface area contributed by atoms with Gasteiger partial charge in [-0.15, -0.1) is 0 Å². The van der Waals surface area contributed by atoms with Gasteiger partial charge in [0.05, 0.1) is 16.6 Å². The van der Waals surface area contributed by atoms with Crippen molar-refractivity contribution >= 4 is 22.6 Å². The number of imidazole rings is 1. The number of halogens is 1. The Balaban J connectivity index is 1.62. The van der Waals surface area contributed by atoms with Crippen LogP contribution in [-0.2, 0) is 0 Å². The van der Waals surface area contributed by atoms with Gasteiger partial charge >= 0.3 is 0 Å². The largest absolute Gasteiger partial charge is 0.338 e. The SMILES string of the molecule is O=C(Nc1ccc2nc(-c3ccc(F)cc3)[nH]c2c1)c1cccnc1.